The molecule has 0 spiro atoms. The van der Waals surface area contributed by atoms with E-state index in [4.69, 9.17) is 9.47 Å². The lowest BCUT2D eigenvalue weighted by Crippen LogP contribution is -2.20. The first-order valence-corrected chi connectivity index (χ1v) is 7.71. The van der Waals surface area contributed by atoms with Crippen molar-refractivity contribution in [2.75, 3.05) is 6.61 Å². The van der Waals surface area contributed by atoms with Crippen LogP contribution >= 0.6 is 0 Å². The number of unbranched alkanes of at least 4 members (excludes halogenated alkanes) is 3. The van der Waals surface area contributed by atoms with Gasteiger partial charge in [0.25, 0.3) is 0 Å². The molecule has 0 aromatic rings. The van der Waals surface area contributed by atoms with Crippen LogP contribution in [0.1, 0.15) is 59.8 Å². The van der Waals surface area contributed by atoms with Gasteiger partial charge in [0.2, 0.25) is 0 Å². The Morgan fingerprint density at radius 3 is 2.40 bits per heavy atom. The van der Waals surface area contributed by atoms with Crippen molar-refractivity contribution in [2.45, 2.75) is 65.9 Å². The molecule has 0 saturated heterocycles. The highest BCUT2D eigenvalue weighted by molar-refractivity contribution is 5.60. The van der Waals surface area contributed by atoms with Gasteiger partial charge in [0.1, 0.15) is 12.7 Å². The summed E-state index contributed by atoms with van der Waals surface area (Å²) in [5, 5.41) is 0. The van der Waals surface area contributed by atoms with Gasteiger partial charge in [-0.1, -0.05) is 57.9 Å². The number of hydrogen-bond donors (Lipinski definition) is 0. The van der Waals surface area contributed by atoms with E-state index in [0.717, 1.165) is 12.8 Å². The Hall–Kier alpha value is -1.25. The molecule has 0 N–H and O–H groups in total. The SMILES string of the molecule is CCCCC/C=C\C/C=C\COC(=O)OC(C)C(C)C. The summed E-state index contributed by atoms with van der Waals surface area (Å²) in [6.45, 7) is 8.35. The fourth-order valence-electron chi connectivity index (χ4n) is 1.41. The predicted octanol–water partition coefficient (Wildman–Crippen LogP) is 5.27. The summed E-state index contributed by atoms with van der Waals surface area (Å²) < 4.78 is 10.0. The highest BCUT2D eigenvalue weighted by Crippen LogP contribution is 2.06. The Balaban J connectivity index is 3.54. The van der Waals surface area contributed by atoms with Gasteiger partial charge < -0.3 is 9.47 Å². The molecule has 0 aliphatic carbocycles. The van der Waals surface area contributed by atoms with E-state index in [-0.39, 0.29) is 12.7 Å². The van der Waals surface area contributed by atoms with Crippen molar-refractivity contribution in [3.8, 4) is 0 Å². The minimum absolute atomic E-state index is 0.113. The zero-order valence-corrected chi connectivity index (χ0v) is 13.4. The van der Waals surface area contributed by atoms with Crippen LogP contribution in [-0.4, -0.2) is 18.9 Å². The van der Waals surface area contributed by atoms with E-state index in [1.54, 1.807) is 0 Å². The standard InChI is InChI=1S/C17H30O3/c1-5-6-7-8-9-10-11-12-13-14-19-17(18)20-16(4)15(2)3/h9-10,12-13,15-16H,5-8,11,14H2,1-4H3/b10-9-,13-12-. The van der Waals surface area contributed by atoms with E-state index in [2.05, 4.69) is 19.1 Å². The molecule has 0 rings (SSSR count). The number of hydrogen-bond acceptors (Lipinski definition) is 3. The Kier molecular flexibility index (Phi) is 12.0. The van der Waals surface area contributed by atoms with Crippen LogP contribution in [0.3, 0.4) is 0 Å². The zero-order chi connectivity index (χ0) is 15.2. The number of carbonyl (C=O) groups is 1. The van der Waals surface area contributed by atoms with Gasteiger partial charge in [-0.25, -0.2) is 4.79 Å². The first-order chi connectivity index (χ1) is 9.57. The van der Waals surface area contributed by atoms with Gasteiger partial charge in [0.15, 0.2) is 0 Å². The summed E-state index contributed by atoms with van der Waals surface area (Å²) in [6.07, 6.45) is 13.3. The van der Waals surface area contributed by atoms with Crippen LogP contribution in [0, 0.1) is 5.92 Å². The summed E-state index contributed by atoms with van der Waals surface area (Å²) in [7, 11) is 0. The molecule has 0 bridgehead atoms. The first kappa shape index (κ1) is 18.8. The number of rotatable bonds is 10. The van der Waals surface area contributed by atoms with Crippen molar-refractivity contribution in [1.82, 2.24) is 0 Å². The first-order valence-electron chi connectivity index (χ1n) is 7.71. The maximum absolute atomic E-state index is 11.3. The maximum atomic E-state index is 11.3. The van der Waals surface area contributed by atoms with Gasteiger partial charge in [-0.3, -0.25) is 0 Å². The molecule has 116 valence electrons. The van der Waals surface area contributed by atoms with Crippen LogP contribution in [-0.2, 0) is 9.47 Å². The van der Waals surface area contributed by atoms with Crippen LogP contribution in [0.15, 0.2) is 24.3 Å². The zero-order valence-electron chi connectivity index (χ0n) is 13.4. The molecule has 3 nitrogen and oxygen atoms in total. The summed E-state index contributed by atoms with van der Waals surface area (Å²) in [5.41, 5.74) is 0. The van der Waals surface area contributed by atoms with E-state index in [1.165, 1.54) is 19.3 Å². The monoisotopic (exact) mass is 282 g/mol. The van der Waals surface area contributed by atoms with Crippen molar-refractivity contribution in [3.63, 3.8) is 0 Å². The molecule has 0 radical (unpaired) electrons. The molecule has 0 aliphatic rings. The highest BCUT2D eigenvalue weighted by Gasteiger charge is 2.13. The lowest BCUT2D eigenvalue weighted by Gasteiger charge is -2.15. The number of carbonyl (C=O) groups excluding carboxylic acids is 1. The van der Waals surface area contributed by atoms with Crippen molar-refractivity contribution in [2.24, 2.45) is 5.92 Å². The van der Waals surface area contributed by atoms with Crippen LogP contribution in [0.5, 0.6) is 0 Å². The molecule has 0 aromatic carbocycles. The molecule has 0 saturated carbocycles. The average molecular weight is 282 g/mol. The lowest BCUT2D eigenvalue weighted by molar-refractivity contribution is 0.0203. The third kappa shape index (κ3) is 11.8. The van der Waals surface area contributed by atoms with Crippen molar-refractivity contribution < 1.29 is 14.3 Å². The molecule has 0 amide bonds. The van der Waals surface area contributed by atoms with Crippen LogP contribution < -0.4 is 0 Å². The van der Waals surface area contributed by atoms with Gasteiger partial charge >= 0.3 is 6.16 Å². The summed E-state index contributed by atoms with van der Waals surface area (Å²) in [4.78, 5) is 11.3. The van der Waals surface area contributed by atoms with Crippen molar-refractivity contribution in [1.29, 1.82) is 0 Å². The fourth-order valence-corrected chi connectivity index (χ4v) is 1.41. The van der Waals surface area contributed by atoms with Gasteiger partial charge in [-0.15, -0.1) is 0 Å². The fraction of sp³-hybridized carbons (Fsp3) is 0.706. The van der Waals surface area contributed by atoms with E-state index < -0.39 is 6.16 Å². The number of allylic oxidation sites excluding steroid dienone is 3. The lowest BCUT2D eigenvalue weighted by atomic mass is 10.1. The van der Waals surface area contributed by atoms with Gasteiger partial charge in [-0.2, -0.15) is 0 Å². The van der Waals surface area contributed by atoms with E-state index in [0.29, 0.717) is 5.92 Å². The molecule has 0 fully saturated rings. The second-order valence-electron chi connectivity index (χ2n) is 5.30. The van der Waals surface area contributed by atoms with E-state index in [9.17, 15) is 4.79 Å². The Labute approximate surface area is 124 Å². The minimum atomic E-state index is -0.592. The second kappa shape index (κ2) is 12.8. The molecular formula is C17H30O3. The molecule has 3 heteroatoms. The predicted molar refractivity (Wildman–Crippen MR) is 83.8 cm³/mol. The molecule has 20 heavy (non-hydrogen) atoms. The molecule has 0 heterocycles. The van der Waals surface area contributed by atoms with Gasteiger partial charge in [-0.05, 0) is 32.1 Å². The maximum Gasteiger partial charge on any atom is 0.508 e. The topological polar surface area (TPSA) is 35.5 Å². The third-order valence-corrected chi connectivity index (χ3v) is 3.10. The largest absolute Gasteiger partial charge is 0.508 e. The van der Waals surface area contributed by atoms with E-state index >= 15 is 0 Å². The Morgan fingerprint density at radius 2 is 1.75 bits per heavy atom. The number of ether oxygens (including phenoxy) is 2. The molecule has 1 atom stereocenters. The Morgan fingerprint density at radius 1 is 1.05 bits per heavy atom. The van der Waals surface area contributed by atoms with Crippen molar-refractivity contribution >= 4 is 6.16 Å². The molecule has 0 aromatic heterocycles. The summed E-state index contributed by atoms with van der Waals surface area (Å²) in [5.74, 6) is 0.302. The minimum Gasteiger partial charge on any atom is -0.431 e. The van der Waals surface area contributed by atoms with Crippen molar-refractivity contribution in [3.05, 3.63) is 24.3 Å². The van der Waals surface area contributed by atoms with E-state index in [1.807, 2.05) is 32.9 Å². The normalized spacial score (nSPS) is 13.2. The summed E-state index contributed by atoms with van der Waals surface area (Å²) in [6, 6.07) is 0. The van der Waals surface area contributed by atoms with Crippen LogP contribution in [0.25, 0.3) is 0 Å². The smallest absolute Gasteiger partial charge is 0.431 e. The van der Waals surface area contributed by atoms with Gasteiger partial charge in [0, 0.05) is 0 Å². The molecule has 0 aliphatic heterocycles. The molecular weight excluding hydrogens is 252 g/mol. The summed E-state index contributed by atoms with van der Waals surface area (Å²) >= 11 is 0. The Bertz CT molecular complexity index is 293. The highest BCUT2D eigenvalue weighted by atomic mass is 16.7. The third-order valence-electron chi connectivity index (χ3n) is 3.10. The van der Waals surface area contributed by atoms with Crippen LogP contribution in [0.2, 0.25) is 0 Å². The quantitative estimate of drug-likeness (QED) is 0.311. The van der Waals surface area contributed by atoms with Gasteiger partial charge in [0.05, 0.1) is 0 Å². The second-order valence-corrected chi connectivity index (χ2v) is 5.30. The average Bonchev–Trinajstić information content (AvgIpc) is 2.40. The van der Waals surface area contributed by atoms with Crippen LogP contribution in [0.4, 0.5) is 4.79 Å². The molecule has 1 unspecified atom stereocenters.